The van der Waals surface area contributed by atoms with Crippen LogP contribution in [0.4, 0.5) is 5.69 Å². The summed E-state index contributed by atoms with van der Waals surface area (Å²) in [6.45, 7) is 0. The maximum atomic E-state index is 2.38. The third-order valence-corrected chi connectivity index (χ3v) is 5.59. The van der Waals surface area contributed by atoms with E-state index in [1.807, 2.05) is 0 Å². The minimum Gasteiger partial charge on any atom is -0.344 e. The molecular formula is C23H21N2+. The molecule has 1 aliphatic heterocycles. The molecule has 2 aliphatic rings. The van der Waals surface area contributed by atoms with Gasteiger partial charge in [-0.3, -0.25) is 0 Å². The quantitative estimate of drug-likeness (QED) is 0.553. The van der Waals surface area contributed by atoms with Crippen molar-refractivity contribution in [3.63, 3.8) is 0 Å². The van der Waals surface area contributed by atoms with Crippen LogP contribution in [0.15, 0.2) is 66.4 Å². The van der Waals surface area contributed by atoms with Gasteiger partial charge in [0.05, 0.1) is 5.70 Å². The average molecular weight is 325 g/mol. The van der Waals surface area contributed by atoms with Crippen molar-refractivity contribution >= 4 is 28.2 Å². The van der Waals surface area contributed by atoms with E-state index in [-0.39, 0.29) is 0 Å². The fourth-order valence-electron chi connectivity index (χ4n) is 4.37. The van der Waals surface area contributed by atoms with Gasteiger partial charge in [-0.15, -0.1) is 0 Å². The van der Waals surface area contributed by atoms with Crippen molar-refractivity contribution in [2.45, 2.75) is 12.8 Å². The van der Waals surface area contributed by atoms with Crippen molar-refractivity contribution in [1.29, 1.82) is 0 Å². The Bertz CT molecular complexity index is 1070. The molecule has 122 valence electrons. The number of allylic oxidation sites excluding steroid dienone is 2. The number of hydrogen-bond donors (Lipinski definition) is 0. The van der Waals surface area contributed by atoms with E-state index < -0.39 is 0 Å². The summed E-state index contributed by atoms with van der Waals surface area (Å²) in [6, 6.07) is 19.7. The van der Waals surface area contributed by atoms with Gasteiger partial charge in [-0.2, -0.15) is 4.57 Å². The topological polar surface area (TPSA) is 7.12 Å². The Morgan fingerprint density at radius 1 is 0.920 bits per heavy atom. The Labute approximate surface area is 148 Å². The molecule has 2 nitrogen and oxygen atoms in total. The van der Waals surface area contributed by atoms with Gasteiger partial charge in [0.25, 0.3) is 0 Å². The van der Waals surface area contributed by atoms with E-state index in [1.165, 1.54) is 44.7 Å². The number of pyridine rings is 1. The predicted octanol–water partition coefficient (Wildman–Crippen LogP) is 4.48. The summed E-state index contributed by atoms with van der Waals surface area (Å²) in [5.74, 6) is 0. The lowest BCUT2D eigenvalue weighted by atomic mass is 10.0. The van der Waals surface area contributed by atoms with Crippen LogP contribution in [-0.4, -0.2) is 7.05 Å². The molecule has 2 aromatic carbocycles. The Balaban J connectivity index is 1.75. The summed E-state index contributed by atoms with van der Waals surface area (Å²) >= 11 is 0. The van der Waals surface area contributed by atoms with Crippen molar-refractivity contribution in [3.05, 3.63) is 83.2 Å². The first-order valence-corrected chi connectivity index (χ1v) is 8.89. The molecule has 2 heterocycles. The van der Waals surface area contributed by atoms with Gasteiger partial charge in [0.1, 0.15) is 7.05 Å². The van der Waals surface area contributed by atoms with E-state index >= 15 is 0 Å². The maximum absolute atomic E-state index is 2.38. The number of rotatable bonds is 0. The number of anilines is 1. The van der Waals surface area contributed by atoms with E-state index in [0.29, 0.717) is 0 Å². The second-order valence-electron chi connectivity index (χ2n) is 6.95. The normalized spacial score (nSPS) is 18.6. The van der Waals surface area contributed by atoms with E-state index in [9.17, 15) is 0 Å². The molecule has 0 N–H and O–H groups in total. The van der Waals surface area contributed by atoms with E-state index in [1.54, 1.807) is 0 Å². The van der Waals surface area contributed by atoms with Crippen molar-refractivity contribution in [1.82, 2.24) is 0 Å². The Morgan fingerprint density at radius 2 is 1.72 bits per heavy atom. The van der Waals surface area contributed by atoms with E-state index in [4.69, 9.17) is 0 Å². The minimum atomic E-state index is 1.10. The molecule has 0 amide bonds. The zero-order chi connectivity index (χ0) is 17.0. The van der Waals surface area contributed by atoms with E-state index in [0.717, 1.165) is 12.8 Å². The largest absolute Gasteiger partial charge is 0.344 e. The van der Waals surface area contributed by atoms with Gasteiger partial charge >= 0.3 is 0 Å². The molecule has 1 aliphatic carbocycles. The monoisotopic (exact) mass is 325 g/mol. The Hall–Kier alpha value is -2.87. The maximum Gasteiger partial charge on any atom is 0.214 e. The second-order valence-corrected chi connectivity index (χ2v) is 6.95. The van der Waals surface area contributed by atoms with Gasteiger partial charge < -0.3 is 4.90 Å². The molecule has 25 heavy (non-hydrogen) atoms. The summed E-state index contributed by atoms with van der Waals surface area (Å²) in [5, 5.41) is 1.33. The van der Waals surface area contributed by atoms with Gasteiger partial charge in [0, 0.05) is 35.3 Å². The molecule has 0 fully saturated rings. The third kappa shape index (κ3) is 2.07. The highest BCUT2D eigenvalue weighted by molar-refractivity contribution is 5.86. The SMILES string of the molecule is CN1C(=C2CCc3cc4ccccc4[n+](C)c32)C=Cc2ccccc21. The molecule has 0 atom stereocenters. The van der Waals surface area contributed by atoms with Crippen LogP contribution in [-0.2, 0) is 13.5 Å². The molecule has 3 aromatic rings. The average Bonchev–Trinajstić information content (AvgIpc) is 3.06. The standard InChI is InChI=1S/C23H21N2/c1-24-20-9-5-3-7-16(20)12-14-22(24)19-13-11-18-15-17-8-4-6-10-21(17)25(2)23(18)19/h3-10,12,14-15H,11,13H2,1-2H3/q+1. The highest BCUT2D eigenvalue weighted by Crippen LogP contribution is 2.39. The highest BCUT2D eigenvalue weighted by Gasteiger charge is 2.31. The van der Waals surface area contributed by atoms with Crippen molar-refractivity contribution in [2.75, 3.05) is 11.9 Å². The summed E-state index contributed by atoms with van der Waals surface area (Å²) in [4.78, 5) is 2.34. The summed E-state index contributed by atoms with van der Waals surface area (Å²) < 4.78 is 2.38. The number of para-hydroxylation sites is 2. The lowest BCUT2D eigenvalue weighted by molar-refractivity contribution is -0.647. The first-order valence-electron chi connectivity index (χ1n) is 8.89. The third-order valence-electron chi connectivity index (χ3n) is 5.59. The first-order chi connectivity index (χ1) is 12.2. The number of benzene rings is 2. The van der Waals surface area contributed by atoms with Crippen molar-refractivity contribution < 1.29 is 4.57 Å². The van der Waals surface area contributed by atoms with Crippen LogP contribution in [0.3, 0.4) is 0 Å². The summed E-state index contributed by atoms with van der Waals surface area (Å²) in [6.07, 6.45) is 6.75. The van der Waals surface area contributed by atoms with Crippen molar-refractivity contribution in [2.24, 2.45) is 7.05 Å². The summed E-state index contributed by atoms with van der Waals surface area (Å²) in [7, 11) is 4.39. The molecular weight excluding hydrogens is 304 g/mol. The Kier molecular flexibility index (Phi) is 3.08. The zero-order valence-electron chi connectivity index (χ0n) is 14.7. The molecule has 0 bridgehead atoms. The first kappa shape index (κ1) is 14.5. The summed E-state index contributed by atoms with van der Waals surface area (Å²) in [5.41, 5.74) is 9.50. The van der Waals surface area contributed by atoms with E-state index in [2.05, 4.69) is 90.3 Å². The van der Waals surface area contributed by atoms with Crippen LogP contribution in [0.25, 0.3) is 22.6 Å². The van der Waals surface area contributed by atoms with Crippen LogP contribution in [0.2, 0.25) is 0 Å². The van der Waals surface area contributed by atoms with Crippen LogP contribution < -0.4 is 9.47 Å². The minimum absolute atomic E-state index is 1.10. The Morgan fingerprint density at radius 3 is 2.64 bits per heavy atom. The molecule has 2 heteroatoms. The van der Waals surface area contributed by atoms with Crippen LogP contribution in [0.1, 0.15) is 23.2 Å². The second kappa shape index (κ2) is 5.32. The molecule has 0 spiro atoms. The number of aromatic nitrogens is 1. The van der Waals surface area contributed by atoms with Gasteiger partial charge in [-0.25, -0.2) is 0 Å². The van der Waals surface area contributed by atoms with Crippen LogP contribution >= 0.6 is 0 Å². The van der Waals surface area contributed by atoms with Crippen molar-refractivity contribution in [3.8, 4) is 0 Å². The number of nitrogens with zero attached hydrogens (tertiary/aromatic N) is 2. The number of fused-ring (bicyclic) bond motifs is 3. The number of aryl methyl sites for hydroxylation is 2. The molecule has 0 radical (unpaired) electrons. The molecule has 1 aromatic heterocycles. The molecule has 0 saturated carbocycles. The smallest absolute Gasteiger partial charge is 0.214 e. The molecule has 5 rings (SSSR count). The van der Waals surface area contributed by atoms with Gasteiger partial charge in [0.2, 0.25) is 11.2 Å². The predicted molar refractivity (Wildman–Crippen MR) is 104 cm³/mol. The molecule has 0 unspecified atom stereocenters. The highest BCUT2D eigenvalue weighted by atomic mass is 15.1. The van der Waals surface area contributed by atoms with Gasteiger partial charge in [-0.1, -0.05) is 36.4 Å². The zero-order valence-corrected chi connectivity index (χ0v) is 14.7. The lowest BCUT2D eigenvalue weighted by Crippen LogP contribution is -2.35. The van der Waals surface area contributed by atoms with Gasteiger partial charge in [0.15, 0.2) is 0 Å². The number of likely N-dealkylation sites (N-methyl/N-ethyl adjacent to an activating group) is 1. The van der Waals surface area contributed by atoms with Crippen LogP contribution in [0, 0.1) is 0 Å². The van der Waals surface area contributed by atoms with Gasteiger partial charge in [-0.05, 0) is 42.7 Å². The number of hydrogen-bond acceptors (Lipinski definition) is 1. The molecule has 0 saturated heterocycles. The fraction of sp³-hybridized carbons (Fsp3) is 0.174. The lowest BCUT2D eigenvalue weighted by Gasteiger charge is -2.27. The fourth-order valence-corrected chi connectivity index (χ4v) is 4.37. The van der Waals surface area contributed by atoms with Crippen LogP contribution in [0.5, 0.6) is 0 Å².